The molecular formula is C41H38IrN2SSi2-2. The van der Waals surface area contributed by atoms with Crippen molar-refractivity contribution >= 4 is 63.2 Å². The zero-order chi connectivity index (χ0) is 37.2. The summed E-state index contributed by atoms with van der Waals surface area (Å²) in [5.74, 6) is 0. The van der Waals surface area contributed by atoms with Crippen LogP contribution >= 0.6 is 11.3 Å². The second-order valence-electron chi connectivity index (χ2n) is 13.3. The van der Waals surface area contributed by atoms with Gasteiger partial charge in [0.1, 0.15) is 8.07 Å². The van der Waals surface area contributed by atoms with E-state index in [1.165, 1.54) is 43.7 Å². The summed E-state index contributed by atoms with van der Waals surface area (Å²) in [6, 6.07) is 37.1. The van der Waals surface area contributed by atoms with Crippen LogP contribution in [0.5, 0.6) is 0 Å². The topological polar surface area (TPSA) is 25.8 Å². The van der Waals surface area contributed by atoms with Crippen LogP contribution in [0.2, 0.25) is 32.7 Å². The first-order chi connectivity index (χ1) is 24.5. The second kappa shape index (κ2) is 12.8. The van der Waals surface area contributed by atoms with E-state index >= 15 is 0 Å². The quantitative estimate of drug-likeness (QED) is 0.131. The molecule has 0 amide bonds. The Hall–Kier alpha value is -3.52. The Morgan fingerprint density at radius 2 is 1.49 bits per heavy atom. The molecule has 4 heterocycles. The molecule has 0 saturated carbocycles. The van der Waals surface area contributed by atoms with Crippen molar-refractivity contribution in [1.82, 2.24) is 9.97 Å². The van der Waals surface area contributed by atoms with E-state index < -0.39 is 29.9 Å². The Morgan fingerprint density at radius 1 is 0.723 bits per heavy atom. The van der Waals surface area contributed by atoms with E-state index in [9.17, 15) is 0 Å². The monoisotopic (exact) mass is 845 g/mol. The molecule has 8 rings (SSSR count). The van der Waals surface area contributed by atoms with Crippen molar-refractivity contribution < 1.29 is 28.3 Å². The van der Waals surface area contributed by atoms with Gasteiger partial charge in [-0.1, -0.05) is 98.3 Å². The fraction of sp³-hybridized carbons (Fsp3) is 0.171. The predicted molar refractivity (Wildman–Crippen MR) is 205 cm³/mol. The van der Waals surface area contributed by atoms with Gasteiger partial charge in [-0.2, -0.15) is 11.3 Å². The molecule has 0 N–H and O–H groups in total. The number of nitrogens with zero attached hydrogens (tertiary/aromatic N) is 2. The zero-order valence-electron chi connectivity index (χ0n) is 33.0. The van der Waals surface area contributed by atoms with Gasteiger partial charge in [0.15, 0.2) is 0 Å². The summed E-state index contributed by atoms with van der Waals surface area (Å²) in [7, 11) is -3.04. The van der Waals surface area contributed by atoms with Crippen LogP contribution < -0.4 is 15.6 Å². The molecule has 0 unspecified atom stereocenters. The van der Waals surface area contributed by atoms with Gasteiger partial charge < -0.3 is 9.97 Å². The SMILES string of the molecule is C[Si](C)(C)c1ccc(-c2[c-]cccc2)nc1.[2H]C([2H])([2H])c1cnc(-c2[c-]ccc3c2sc2c4c(ccc23)[Si](C)(C)c2ccccc2-4)cc1C([2H])([2H])[2H].[Ir]. The molecule has 6 heteroatoms. The summed E-state index contributed by atoms with van der Waals surface area (Å²) >= 11 is 1.68. The molecule has 0 saturated heterocycles. The Kier molecular flexibility index (Phi) is 7.22. The Balaban J connectivity index is 0.000000238. The van der Waals surface area contributed by atoms with E-state index in [0.29, 0.717) is 11.3 Å². The number of pyridine rings is 2. The molecule has 3 aromatic heterocycles. The Bertz CT molecular complexity index is 2450. The summed E-state index contributed by atoms with van der Waals surface area (Å²) in [6.07, 6.45) is 3.20. The molecule has 4 aromatic carbocycles. The molecule has 0 aliphatic carbocycles. The summed E-state index contributed by atoms with van der Waals surface area (Å²) in [4.78, 5) is 8.93. The molecule has 7 aromatic rings. The average Bonchev–Trinajstić information content (AvgIpc) is 3.60. The number of hydrogen-bond acceptors (Lipinski definition) is 3. The standard InChI is InChI=1S/C27H22NSSi.C14H16NSi.Ir/c1-16-14-22(28-15-17(16)2)20-10-7-9-18-19-12-13-24-25(27(19)29-26(18)20)21-8-5-6-11-23(21)30(24,3)4;1-16(2,3)13-9-10-14(15-11-13)12-7-5-4-6-8-12;/h5-9,11-15H,1-4H3;4-7,9-11H,1-3H3;/q2*-1;/i1D3,2D3;;. The van der Waals surface area contributed by atoms with Crippen LogP contribution in [0.25, 0.3) is 53.8 Å². The van der Waals surface area contributed by atoms with Crippen molar-refractivity contribution in [3.8, 4) is 33.6 Å². The van der Waals surface area contributed by atoms with Crippen molar-refractivity contribution in [3.63, 3.8) is 0 Å². The predicted octanol–water partition coefficient (Wildman–Crippen LogP) is 9.43. The van der Waals surface area contributed by atoms with Crippen LogP contribution in [0.4, 0.5) is 0 Å². The molecule has 237 valence electrons. The van der Waals surface area contributed by atoms with Crippen molar-refractivity contribution in [3.05, 3.63) is 127 Å². The number of hydrogen-bond donors (Lipinski definition) is 0. The van der Waals surface area contributed by atoms with Gasteiger partial charge in [0, 0.05) is 45.4 Å². The number of rotatable bonds is 3. The van der Waals surface area contributed by atoms with E-state index in [4.69, 9.17) is 8.22 Å². The van der Waals surface area contributed by atoms with Gasteiger partial charge >= 0.3 is 0 Å². The third kappa shape index (κ3) is 6.03. The van der Waals surface area contributed by atoms with E-state index in [1.807, 2.05) is 42.6 Å². The van der Waals surface area contributed by atoms with Crippen molar-refractivity contribution in [1.29, 1.82) is 0 Å². The first-order valence-corrected chi connectivity index (χ1v) is 22.7. The smallest absolute Gasteiger partial charge is 0.113 e. The Labute approximate surface area is 306 Å². The Morgan fingerprint density at radius 3 is 2.21 bits per heavy atom. The number of benzene rings is 4. The van der Waals surface area contributed by atoms with E-state index in [2.05, 4.69) is 103 Å². The largest absolute Gasteiger partial charge is 0.305 e. The third-order valence-corrected chi connectivity index (χ3v) is 15.7. The second-order valence-corrected chi connectivity index (χ2v) is 23.7. The molecule has 0 bridgehead atoms. The van der Waals surface area contributed by atoms with Gasteiger partial charge in [-0.3, -0.25) is 0 Å². The van der Waals surface area contributed by atoms with Crippen molar-refractivity contribution in [2.24, 2.45) is 0 Å². The minimum atomic E-state index is -2.57. The summed E-state index contributed by atoms with van der Waals surface area (Å²) < 4.78 is 49.3. The summed E-state index contributed by atoms with van der Waals surface area (Å²) in [6.45, 7) is 6.64. The van der Waals surface area contributed by atoms with Gasteiger partial charge in [-0.25, -0.2) is 0 Å². The minimum Gasteiger partial charge on any atom is -0.305 e. The number of aromatic nitrogens is 2. The molecule has 0 spiro atoms. The first-order valence-electron chi connectivity index (χ1n) is 18.4. The fourth-order valence-electron chi connectivity index (χ4n) is 6.32. The maximum absolute atomic E-state index is 7.95. The molecule has 0 atom stereocenters. The van der Waals surface area contributed by atoms with Crippen LogP contribution in [0, 0.1) is 25.8 Å². The van der Waals surface area contributed by atoms with Crippen molar-refractivity contribution in [2.75, 3.05) is 0 Å². The number of fused-ring (bicyclic) bond motifs is 7. The van der Waals surface area contributed by atoms with Gasteiger partial charge in [0.05, 0.1) is 8.07 Å². The van der Waals surface area contributed by atoms with Crippen LogP contribution in [0.1, 0.15) is 19.4 Å². The molecule has 1 aliphatic rings. The minimum absolute atomic E-state index is 0. The third-order valence-electron chi connectivity index (χ3n) is 8.92. The van der Waals surface area contributed by atoms with Crippen LogP contribution in [0.15, 0.2) is 103 Å². The van der Waals surface area contributed by atoms with Crippen LogP contribution in [-0.2, 0) is 20.1 Å². The molecule has 1 aliphatic heterocycles. The van der Waals surface area contributed by atoms with Crippen LogP contribution in [0.3, 0.4) is 0 Å². The van der Waals surface area contributed by atoms with E-state index in [1.54, 1.807) is 11.3 Å². The maximum atomic E-state index is 7.95. The van der Waals surface area contributed by atoms with E-state index in [-0.39, 0.29) is 31.2 Å². The summed E-state index contributed by atoms with van der Waals surface area (Å²) in [5, 5.41) is 6.49. The van der Waals surface area contributed by atoms with Gasteiger partial charge in [0.25, 0.3) is 0 Å². The fourth-order valence-corrected chi connectivity index (χ4v) is 11.9. The number of aryl methyl sites for hydroxylation is 2. The molecule has 1 radical (unpaired) electrons. The van der Waals surface area contributed by atoms with Gasteiger partial charge in [-0.15, -0.1) is 59.7 Å². The summed E-state index contributed by atoms with van der Waals surface area (Å²) in [5.41, 5.74) is 5.34. The maximum Gasteiger partial charge on any atom is 0.113 e. The first kappa shape index (κ1) is 26.4. The molecule has 47 heavy (non-hydrogen) atoms. The zero-order valence-corrected chi connectivity index (χ0v) is 32.2. The molecule has 0 fully saturated rings. The van der Waals surface area contributed by atoms with Gasteiger partial charge in [0.2, 0.25) is 0 Å². The molecular weight excluding hydrogens is 801 g/mol. The van der Waals surface area contributed by atoms with E-state index in [0.717, 1.165) is 26.7 Å². The normalized spacial score (nSPS) is 15.4. The average molecular weight is 845 g/mol. The molecule has 2 nitrogen and oxygen atoms in total. The number of thiophene rings is 1. The van der Waals surface area contributed by atoms with Crippen molar-refractivity contribution in [2.45, 2.75) is 46.4 Å². The van der Waals surface area contributed by atoms with Gasteiger partial charge in [-0.05, 0) is 67.4 Å². The van der Waals surface area contributed by atoms with Crippen LogP contribution in [-0.4, -0.2) is 26.1 Å².